The summed E-state index contributed by atoms with van der Waals surface area (Å²) in [7, 11) is -3.38. The molecule has 7 nitrogen and oxygen atoms in total. The van der Waals surface area contributed by atoms with E-state index in [4.69, 9.17) is 0 Å². The van der Waals surface area contributed by atoms with Gasteiger partial charge in [0.2, 0.25) is 5.91 Å². The van der Waals surface area contributed by atoms with Crippen molar-refractivity contribution < 1.29 is 18.0 Å². The van der Waals surface area contributed by atoms with Crippen LogP contribution < -0.4 is 10.6 Å². The summed E-state index contributed by atoms with van der Waals surface area (Å²) >= 11 is 0. The SMILES string of the molecule is C=CC(=O)Nc1ccccc1-c1ccc(NC(=O)c2ccc(S(C)(=O)=O)cn2)cc1C. The predicted molar refractivity (Wildman–Crippen MR) is 121 cm³/mol. The van der Waals surface area contributed by atoms with Crippen molar-refractivity contribution in [1.82, 2.24) is 4.98 Å². The molecule has 0 saturated carbocycles. The lowest BCUT2D eigenvalue weighted by atomic mass is 9.98. The first kappa shape index (κ1) is 21.9. The highest BCUT2D eigenvalue weighted by atomic mass is 32.2. The highest BCUT2D eigenvalue weighted by Crippen LogP contribution is 2.32. The molecule has 0 spiro atoms. The number of hydrogen-bond donors (Lipinski definition) is 2. The van der Waals surface area contributed by atoms with Crippen LogP contribution >= 0.6 is 0 Å². The molecule has 0 aliphatic rings. The zero-order valence-corrected chi connectivity index (χ0v) is 17.9. The maximum absolute atomic E-state index is 12.5. The van der Waals surface area contributed by atoms with Gasteiger partial charge >= 0.3 is 0 Å². The van der Waals surface area contributed by atoms with Gasteiger partial charge in [0, 0.05) is 29.4 Å². The van der Waals surface area contributed by atoms with Gasteiger partial charge in [-0.1, -0.05) is 30.8 Å². The molecule has 2 amide bonds. The number of carbonyl (C=O) groups is 2. The van der Waals surface area contributed by atoms with E-state index in [-0.39, 0.29) is 16.5 Å². The molecule has 2 aromatic carbocycles. The molecule has 3 aromatic rings. The lowest BCUT2D eigenvalue weighted by Gasteiger charge is -2.14. The maximum atomic E-state index is 12.5. The van der Waals surface area contributed by atoms with Gasteiger partial charge in [-0.25, -0.2) is 13.4 Å². The van der Waals surface area contributed by atoms with E-state index in [0.717, 1.165) is 29.1 Å². The van der Waals surface area contributed by atoms with E-state index in [1.54, 1.807) is 12.1 Å². The van der Waals surface area contributed by atoms with Crippen LogP contribution in [0.2, 0.25) is 0 Å². The monoisotopic (exact) mass is 435 g/mol. The minimum Gasteiger partial charge on any atom is -0.322 e. The fourth-order valence-corrected chi connectivity index (χ4v) is 3.54. The summed E-state index contributed by atoms with van der Waals surface area (Å²) in [5, 5.41) is 5.55. The Morgan fingerprint density at radius 3 is 2.35 bits per heavy atom. The molecule has 8 heteroatoms. The topological polar surface area (TPSA) is 105 Å². The Kier molecular flexibility index (Phi) is 6.31. The number of para-hydroxylation sites is 1. The second-order valence-electron chi connectivity index (χ2n) is 6.87. The number of nitrogens with one attached hydrogen (secondary N) is 2. The summed E-state index contributed by atoms with van der Waals surface area (Å²) in [4.78, 5) is 28.2. The predicted octanol–water partition coefficient (Wildman–Crippen LogP) is 3.84. The van der Waals surface area contributed by atoms with E-state index in [9.17, 15) is 18.0 Å². The Hall–Kier alpha value is -3.78. The van der Waals surface area contributed by atoms with Gasteiger partial charge in [0.1, 0.15) is 5.69 Å². The average Bonchev–Trinajstić information content (AvgIpc) is 2.74. The van der Waals surface area contributed by atoms with Crippen molar-refractivity contribution >= 4 is 33.0 Å². The Morgan fingerprint density at radius 1 is 1.00 bits per heavy atom. The van der Waals surface area contributed by atoms with Gasteiger partial charge in [0.25, 0.3) is 5.91 Å². The highest BCUT2D eigenvalue weighted by molar-refractivity contribution is 7.90. The number of nitrogens with zero attached hydrogens (tertiary/aromatic N) is 1. The average molecular weight is 436 g/mol. The van der Waals surface area contributed by atoms with E-state index in [0.29, 0.717) is 11.4 Å². The molecule has 31 heavy (non-hydrogen) atoms. The molecule has 158 valence electrons. The molecule has 0 aliphatic heterocycles. The van der Waals surface area contributed by atoms with Gasteiger partial charge in [0.05, 0.1) is 4.90 Å². The van der Waals surface area contributed by atoms with Crippen molar-refractivity contribution in [3.63, 3.8) is 0 Å². The van der Waals surface area contributed by atoms with Crippen molar-refractivity contribution in [2.45, 2.75) is 11.8 Å². The quantitative estimate of drug-likeness (QED) is 0.573. The molecule has 0 radical (unpaired) electrons. The number of hydrogen-bond acceptors (Lipinski definition) is 5. The van der Waals surface area contributed by atoms with Crippen LogP contribution in [0.1, 0.15) is 16.1 Å². The number of pyridine rings is 1. The first-order chi connectivity index (χ1) is 14.7. The second-order valence-corrected chi connectivity index (χ2v) is 8.89. The zero-order valence-electron chi connectivity index (χ0n) is 17.0. The van der Waals surface area contributed by atoms with Crippen LogP contribution in [0.25, 0.3) is 11.1 Å². The van der Waals surface area contributed by atoms with Crippen LogP contribution in [-0.4, -0.2) is 31.5 Å². The minimum atomic E-state index is -3.38. The number of rotatable bonds is 6. The molecular formula is C23H21N3O4S. The lowest BCUT2D eigenvalue weighted by molar-refractivity contribution is -0.111. The Morgan fingerprint density at radius 2 is 1.74 bits per heavy atom. The van der Waals surface area contributed by atoms with Crippen LogP contribution in [0, 0.1) is 6.92 Å². The molecular weight excluding hydrogens is 414 g/mol. The normalized spacial score (nSPS) is 10.9. The standard InChI is InChI=1S/C23H21N3O4S/c1-4-22(27)26-20-8-6-5-7-19(20)18-11-9-16(13-15(18)2)25-23(28)21-12-10-17(14-24-21)31(3,29)30/h4-14H,1H2,2-3H3,(H,25,28)(H,26,27). The zero-order chi connectivity index (χ0) is 22.6. The van der Waals surface area contributed by atoms with Crippen LogP contribution in [0.15, 0.2) is 78.3 Å². The third-order valence-electron chi connectivity index (χ3n) is 4.54. The van der Waals surface area contributed by atoms with E-state index < -0.39 is 15.7 Å². The molecule has 0 fully saturated rings. The Balaban J connectivity index is 1.83. The third kappa shape index (κ3) is 5.23. The molecule has 0 bridgehead atoms. The molecule has 0 saturated heterocycles. The van der Waals surface area contributed by atoms with E-state index in [1.165, 1.54) is 18.2 Å². The molecule has 0 atom stereocenters. The number of aryl methyl sites for hydroxylation is 1. The Bertz CT molecular complexity index is 1270. The number of carbonyl (C=O) groups excluding carboxylic acids is 2. The minimum absolute atomic E-state index is 0.0476. The molecule has 1 aromatic heterocycles. The first-order valence-corrected chi connectivity index (χ1v) is 11.2. The second kappa shape index (κ2) is 8.93. The summed E-state index contributed by atoms with van der Waals surface area (Å²) in [6, 6.07) is 15.5. The summed E-state index contributed by atoms with van der Waals surface area (Å²) in [6.07, 6.45) is 3.45. The fourth-order valence-electron chi connectivity index (χ4n) is 2.98. The summed E-state index contributed by atoms with van der Waals surface area (Å²) in [6.45, 7) is 5.37. The van der Waals surface area contributed by atoms with Gasteiger partial charge in [0.15, 0.2) is 9.84 Å². The van der Waals surface area contributed by atoms with E-state index >= 15 is 0 Å². The number of amides is 2. The van der Waals surface area contributed by atoms with Crippen molar-refractivity contribution in [2.24, 2.45) is 0 Å². The van der Waals surface area contributed by atoms with Gasteiger partial charge in [-0.3, -0.25) is 9.59 Å². The van der Waals surface area contributed by atoms with Crippen LogP contribution in [0.5, 0.6) is 0 Å². The van der Waals surface area contributed by atoms with Crippen LogP contribution in [0.4, 0.5) is 11.4 Å². The molecule has 0 aliphatic carbocycles. The van der Waals surface area contributed by atoms with E-state index in [1.807, 2.05) is 37.3 Å². The van der Waals surface area contributed by atoms with Gasteiger partial charge in [-0.15, -0.1) is 0 Å². The maximum Gasteiger partial charge on any atom is 0.274 e. The van der Waals surface area contributed by atoms with Crippen molar-refractivity contribution in [3.8, 4) is 11.1 Å². The Labute approximate surface area is 180 Å². The smallest absolute Gasteiger partial charge is 0.274 e. The largest absolute Gasteiger partial charge is 0.322 e. The van der Waals surface area contributed by atoms with Crippen LogP contribution in [-0.2, 0) is 14.6 Å². The van der Waals surface area contributed by atoms with E-state index in [2.05, 4.69) is 22.2 Å². The van der Waals surface area contributed by atoms with Crippen LogP contribution in [0.3, 0.4) is 0 Å². The first-order valence-electron chi connectivity index (χ1n) is 9.30. The van der Waals surface area contributed by atoms with Crippen molar-refractivity contribution in [2.75, 3.05) is 16.9 Å². The fraction of sp³-hybridized carbons (Fsp3) is 0.0870. The van der Waals surface area contributed by atoms with Gasteiger partial charge < -0.3 is 10.6 Å². The highest BCUT2D eigenvalue weighted by Gasteiger charge is 2.13. The number of aromatic nitrogens is 1. The van der Waals surface area contributed by atoms with Gasteiger partial charge in [-0.05, 0) is 54.5 Å². The molecule has 3 rings (SSSR count). The molecule has 2 N–H and O–H groups in total. The summed E-state index contributed by atoms with van der Waals surface area (Å²) < 4.78 is 23.0. The summed E-state index contributed by atoms with van der Waals surface area (Å²) in [5.41, 5.74) is 3.94. The van der Waals surface area contributed by atoms with Gasteiger partial charge in [-0.2, -0.15) is 0 Å². The van der Waals surface area contributed by atoms with Crippen molar-refractivity contribution in [1.29, 1.82) is 0 Å². The lowest BCUT2D eigenvalue weighted by Crippen LogP contribution is -2.14. The number of benzene rings is 2. The summed E-state index contributed by atoms with van der Waals surface area (Å²) in [5.74, 6) is -0.755. The molecule has 1 heterocycles. The number of anilines is 2. The third-order valence-corrected chi connectivity index (χ3v) is 5.64. The number of sulfone groups is 1. The van der Waals surface area contributed by atoms with Crippen molar-refractivity contribution in [3.05, 3.63) is 84.7 Å². The molecule has 0 unspecified atom stereocenters.